The number of rotatable bonds is 8. The second-order valence-electron chi connectivity index (χ2n) is 13.0. The van der Waals surface area contributed by atoms with Crippen molar-refractivity contribution in [1.29, 1.82) is 0 Å². The van der Waals surface area contributed by atoms with Gasteiger partial charge in [0.25, 0.3) is 0 Å². The number of amides is 1. The van der Waals surface area contributed by atoms with Gasteiger partial charge in [-0.05, 0) is 72.0 Å². The Balaban J connectivity index is 1.51. The number of para-hydroxylation sites is 1. The van der Waals surface area contributed by atoms with Crippen LogP contribution in [0.5, 0.6) is 23.0 Å². The van der Waals surface area contributed by atoms with Crippen molar-refractivity contribution in [3.63, 3.8) is 0 Å². The van der Waals surface area contributed by atoms with Crippen molar-refractivity contribution in [3.8, 4) is 23.0 Å². The fraction of sp³-hybridized carbons (Fsp3) is 0.270. The lowest BCUT2D eigenvalue weighted by Gasteiger charge is -2.37. The number of allylic oxidation sites excluding steroid dienone is 1. The van der Waals surface area contributed by atoms with Crippen LogP contribution in [0.2, 0.25) is 0 Å². The molecule has 2 aliphatic rings. The van der Waals surface area contributed by atoms with Gasteiger partial charge in [-0.2, -0.15) is 0 Å². The van der Waals surface area contributed by atoms with Gasteiger partial charge in [0.15, 0.2) is 21.5 Å². The molecule has 6 rings (SSSR count). The number of anilines is 2. The van der Waals surface area contributed by atoms with Gasteiger partial charge in [-0.3, -0.25) is 9.69 Å². The molecule has 4 aromatic rings. The summed E-state index contributed by atoms with van der Waals surface area (Å²) in [6, 6.07) is 14.9. The number of phenols is 1. The average molecular weight is 709 g/mol. The predicted molar refractivity (Wildman–Crippen MR) is 182 cm³/mol. The van der Waals surface area contributed by atoms with E-state index in [0.717, 1.165) is 18.2 Å². The molecule has 0 fully saturated rings. The van der Waals surface area contributed by atoms with Crippen molar-refractivity contribution in [2.75, 3.05) is 30.2 Å². The van der Waals surface area contributed by atoms with Crippen LogP contribution in [0.3, 0.4) is 0 Å². The molecule has 1 unspecified atom stereocenters. The Morgan fingerprint density at radius 1 is 0.940 bits per heavy atom. The van der Waals surface area contributed by atoms with E-state index in [-0.39, 0.29) is 64.2 Å². The normalized spacial score (nSPS) is 17.6. The lowest BCUT2D eigenvalue weighted by Crippen LogP contribution is -2.42. The van der Waals surface area contributed by atoms with E-state index >= 15 is 4.39 Å². The van der Waals surface area contributed by atoms with E-state index in [9.17, 15) is 27.1 Å². The van der Waals surface area contributed by atoms with Crippen LogP contribution < -0.4 is 24.4 Å². The van der Waals surface area contributed by atoms with E-state index in [1.165, 1.54) is 49.5 Å². The minimum absolute atomic E-state index is 0.0293. The van der Waals surface area contributed by atoms with Gasteiger partial charge in [-0.15, -0.1) is 0 Å². The van der Waals surface area contributed by atoms with Crippen molar-refractivity contribution in [1.82, 2.24) is 0 Å². The predicted octanol–water partition coefficient (Wildman–Crippen LogP) is 7.20. The maximum atomic E-state index is 16.5. The Bertz CT molecular complexity index is 2140. The molecule has 50 heavy (non-hydrogen) atoms. The smallest absolute Gasteiger partial charge is 0.232 e. The Morgan fingerprint density at radius 3 is 2.40 bits per heavy atom. The number of nitrogens with one attached hydrogen (secondary N) is 1. The highest BCUT2D eigenvalue weighted by molar-refractivity contribution is 7.95. The summed E-state index contributed by atoms with van der Waals surface area (Å²) in [5.41, 5.74) is 0.290. The van der Waals surface area contributed by atoms with Crippen LogP contribution in [0, 0.1) is 22.9 Å². The first-order valence-corrected chi connectivity index (χ1v) is 17.3. The first kappa shape index (κ1) is 34.7. The van der Waals surface area contributed by atoms with E-state index in [1.54, 1.807) is 38.1 Å². The molecule has 0 aromatic heterocycles. The molecule has 4 aromatic carbocycles. The summed E-state index contributed by atoms with van der Waals surface area (Å²) >= 11 is 0. The Kier molecular flexibility index (Phi) is 9.21. The first-order chi connectivity index (χ1) is 23.7. The molecule has 262 valence electrons. The third kappa shape index (κ3) is 6.69. The van der Waals surface area contributed by atoms with E-state index in [0.29, 0.717) is 22.6 Å². The molecule has 2 N–H and O–H groups in total. The molecule has 0 saturated carbocycles. The largest absolute Gasteiger partial charge is 0.506 e. The maximum absolute atomic E-state index is 16.5. The lowest BCUT2D eigenvalue weighted by atomic mass is 9.88. The van der Waals surface area contributed by atoms with Gasteiger partial charge in [-0.1, -0.05) is 26.0 Å². The number of fused-ring (bicyclic) bond motifs is 1. The molecule has 0 saturated heterocycles. The zero-order valence-corrected chi connectivity index (χ0v) is 28.5. The Morgan fingerprint density at radius 2 is 1.70 bits per heavy atom. The van der Waals surface area contributed by atoms with E-state index in [1.807, 2.05) is 0 Å². The molecule has 1 amide bonds. The molecular formula is C37H35F3N2O7S. The number of ether oxygens (including phenoxy) is 3. The monoisotopic (exact) mass is 708 g/mol. The number of carbonyl (C=O) groups excluding carboxylic acids is 1. The Hall–Kier alpha value is -5.17. The minimum atomic E-state index is -4.15. The Labute approximate surface area is 287 Å². The maximum Gasteiger partial charge on any atom is 0.232 e. The lowest BCUT2D eigenvalue weighted by molar-refractivity contribution is -0.118. The molecule has 0 spiro atoms. The average Bonchev–Trinajstić information content (AvgIpc) is 3.20. The number of hydrogen-bond donors (Lipinski definition) is 2. The van der Waals surface area contributed by atoms with Crippen LogP contribution in [-0.4, -0.2) is 39.4 Å². The fourth-order valence-corrected chi connectivity index (χ4v) is 8.90. The number of methoxy groups -OCH3 is 2. The molecule has 1 atom stereocenters. The SMILES string of the molecule is COc1ccc(OC)c(CC(=O)N2c3cccc(O)c3NC3=C(C2c2ccc(OCc4ccc(F)c(F)c4)cc2F)S(=O)(=O)CC(C)(C)C3)c1. The van der Waals surface area contributed by atoms with Gasteiger partial charge in [0.2, 0.25) is 5.91 Å². The van der Waals surface area contributed by atoms with Crippen LogP contribution in [0.4, 0.5) is 24.5 Å². The number of aromatic hydroxyl groups is 1. The summed E-state index contributed by atoms with van der Waals surface area (Å²) < 4.78 is 88.7. The van der Waals surface area contributed by atoms with Gasteiger partial charge in [-0.25, -0.2) is 21.6 Å². The summed E-state index contributed by atoms with van der Waals surface area (Å²) in [6.45, 7) is 3.38. The second-order valence-corrected chi connectivity index (χ2v) is 14.9. The fourth-order valence-electron chi connectivity index (χ4n) is 6.54. The van der Waals surface area contributed by atoms with Gasteiger partial charge < -0.3 is 24.6 Å². The highest BCUT2D eigenvalue weighted by Gasteiger charge is 2.47. The van der Waals surface area contributed by atoms with E-state index in [2.05, 4.69) is 5.32 Å². The number of halogens is 3. The zero-order valence-electron chi connectivity index (χ0n) is 27.7. The van der Waals surface area contributed by atoms with Crippen LogP contribution in [-0.2, 0) is 27.7 Å². The van der Waals surface area contributed by atoms with Gasteiger partial charge >= 0.3 is 0 Å². The van der Waals surface area contributed by atoms with Gasteiger partial charge in [0.1, 0.15) is 47.2 Å². The molecule has 2 aliphatic heterocycles. The van der Waals surface area contributed by atoms with Crippen molar-refractivity contribution >= 4 is 27.1 Å². The van der Waals surface area contributed by atoms with Crippen molar-refractivity contribution < 1.29 is 45.7 Å². The minimum Gasteiger partial charge on any atom is -0.506 e. The standard InChI is InChI=1S/C37H35F3N2O7S/c1-37(2)18-29-36(50(45,46)20-37)35(25-11-9-24(17-27(25)39)49-19-21-8-12-26(38)28(40)14-21)42(30-6-5-7-31(43)34(30)41-29)33(44)16-22-15-23(47-3)10-13-32(22)48-4/h5-15,17,35,41,43H,16,18-20H2,1-4H3. The molecule has 0 bridgehead atoms. The molecule has 0 aliphatic carbocycles. The number of phenolic OH excluding ortho intramolecular Hbond substituents is 1. The number of nitrogens with zero attached hydrogens (tertiary/aromatic N) is 1. The topological polar surface area (TPSA) is 114 Å². The van der Waals surface area contributed by atoms with E-state index in [4.69, 9.17) is 14.2 Å². The van der Waals surface area contributed by atoms with Crippen LogP contribution in [0.1, 0.15) is 43.0 Å². The van der Waals surface area contributed by atoms with Crippen molar-refractivity contribution in [2.24, 2.45) is 5.41 Å². The van der Waals surface area contributed by atoms with Gasteiger partial charge in [0.05, 0.1) is 37.0 Å². The third-order valence-electron chi connectivity index (χ3n) is 8.68. The van der Waals surface area contributed by atoms with Crippen molar-refractivity contribution in [3.05, 3.63) is 118 Å². The molecular weight excluding hydrogens is 673 g/mol. The quantitative estimate of drug-likeness (QED) is 0.185. The number of sulfone groups is 1. The zero-order chi connectivity index (χ0) is 36.0. The molecule has 2 heterocycles. The van der Waals surface area contributed by atoms with Gasteiger partial charge in [0, 0.05) is 22.9 Å². The highest BCUT2D eigenvalue weighted by Crippen LogP contribution is 2.52. The molecule has 13 heteroatoms. The van der Waals surface area contributed by atoms with E-state index < -0.39 is 44.7 Å². The first-order valence-electron chi connectivity index (χ1n) is 15.7. The molecule has 9 nitrogen and oxygen atoms in total. The summed E-state index contributed by atoms with van der Waals surface area (Å²) in [6.07, 6.45) is -0.0915. The molecule has 0 radical (unpaired) electrons. The van der Waals surface area contributed by atoms with Crippen LogP contribution in [0.25, 0.3) is 0 Å². The number of benzene rings is 4. The van der Waals surface area contributed by atoms with Crippen LogP contribution >= 0.6 is 0 Å². The van der Waals surface area contributed by atoms with Crippen molar-refractivity contribution in [2.45, 2.75) is 39.3 Å². The highest BCUT2D eigenvalue weighted by atomic mass is 32.2. The second kappa shape index (κ2) is 13.3. The summed E-state index contributed by atoms with van der Waals surface area (Å²) in [4.78, 5) is 15.6. The number of carbonyl (C=O) groups is 1. The summed E-state index contributed by atoms with van der Waals surface area (Å²) in [5.74, 6) is -3.24. The summed E-state index contributed by atoms with van der Waals surface area (Å²) in [7, 11) is -1.24. The number of hydrogen-bond acceptors (Lipinski definition) is 8. The van der Waals surface area contributed by atoms with Crippen LogP contribution in [0.15, 0.2) is 83.4 Å². The third-order valence-corrected chi connectivity index (χ3v) is 11.0. The summed E-state index contributed by atoms with van der Waals surface area (Å²) in [5, 5.41) is 14.2.